The van der Waals surface area contributed by atoms with Crippen LogP contribution in [0.25, 0.3) is 0 Å². The molecule has 17 heavy (non-hydrogen) atoms. The maximum atomic E-state index is 5.88. The van der Waals surface area contributed by atoms with Crippen LogP contribution in [0.5, 0.6) is 0 Å². The standard InChI is InChI=1S/C10H7Br2Cl2NS2/c11-5-6(12)1-10(16)17-15-9-3-7(13)2-8(14)4-9/h1-5,15-16H/b6-5-,10-1+. The zero-order valence-electron chi connectivity index (χ0n) is 8.25. The van der Waals surface area contributed by atoms with E-state index in [4.69, 9.17) is 23.2 Å². The molecule has 0 atom stereocenters. The molecule has 0 unspecified atom stereocenters. The van der Waals surface area contributed by atoms with Crippen molar-refractivity contribution in [3.8, 4) is 0 Å². The van der Waals surface area contributed by atoms with E-state index in [1.807, 2.05) is 6.08 Å². The van der Waals surface area contributed by atoms with E-state index in [1.54, 1.807) is 23.2 Å². The van der Waals surface area contributed by atoms with Crippen molar-refractivity contribution in [2.75, 3.05) is 4.72 Å². The van der Waals surface area contributed by atoms with Crippen molar-refractivity contribution in [2.45, 2.75) is 0 Å². The monoisotopic (exact) mass is 433 g/mol. The third kappa shape index (κ3) is 6.45. The first-order valence-corrected chi connectivity index (χ1v) is 7.99. The van der Waals surface area contributed by atoms with E-state index >= 15 is 0 Å². The van der Waals surface area contributed by atoms with Gasteiger partial charge in [0.15, 0.2) is 0 Å². The van der Waals surface area contributed by atoms with Crippen molar-refractivity contribution in [1.82, 2.24) is 0 Å². The third-order valence-electron chi connectivity index (χ3n) is 1.50. The minimum Gasteiger partial charge on any atom is -0.325 e. The van der Waals surface area contributed by atoms with Gasteiger partial charge in [-0.2, -0.15) is 0 Å². The molecule has 0 aromatic heterocycles. The van der Waals surface area contributed by atoms with Crippen LogP contribution < -0.4 is 4.72 Å². The van der Waals surface area contributed by atoms with E-state index < -0.39 is 0 Å². The second kappa shape index (κ2) is 8.02. The van der Waals surface area contributed by atoms with Crippen molar-refractivity contribution in [2.24, 2.45) is 0 Å². The molecule has 1 N–H and O–H groups in total. The topological polar surface area (TPSA) is 12.0 Å². The van der Waals surface area contributed by atoms with Gasteiger partial charge in [0.2, 0.25) is 0 Å². The predicted molar refractivity (Wildman–Crippen MR) is 90.7 cm³/mol. The van der Waals surface area contributed by atoms with Crippen molar-refractivity contribution >= 4 is 85.3 Å². The second-order valence-corrected chi connectivity index (χ2v) is 6.72. The van der Waals surface area contributed by atoms with Gasteiger partial charge in [0.1, 0.15) is 0 Å². The van der Waals surface area contributed by atoms with Gasteiger partial charge in [-0.25, -0.2) is 0 Å². The third-order valence-corrected chi connectivity index (χ3v) is 4.57. The Morgan fingerprint density at radius 1 is 1.29 bits per heavy atom. The molecule has 0 radical (unpaired) electrons. The fraction of sp³-hybridized carbons (Fsp3) is 0. The smallest absolute Gasteiger partial charge is 0.0593 e. The zero-order valence-corrected chi connectivity index (χ0v) is 14.6. The van der Waals surface area contributed by atoms with E-state index in [0.29, 0.717) is 10.0 Å². The second-order valence-electron chi connectivity index (χ2n) is 2.84. The molecule has 0 aliphatic heterocycles. The van der Waals surface area contributed by atoms with Crippen molar-refractivity contribution in [3.05, 3.63) is 48.0 Å². The molecule has 0 saturated heterocycles. The van der Waals surface area contributed by atoms with Crippen LogP contribution in [0.1, 0.15) is 0 Å². The number of allylic oxidation sites excluding steroid dienone is 2. The van der Waals surface area contributed by atoms with Crippen LogP contribution in [-0.2, 0) is 0 Å². The molecule has 0 aliphatic carbocycles. The minimum absolute atomic E-state index is 0.590. The highest BCUT2D eigenvalue weighted by atomic mass is 79.9. The summed E-state index contributed by atoms with van der Waals surface area (Å²) in [7, 11) is 0. The van der Waals surface area contributed by atoms with Gasteiger partial charge in [-0.15, -0.1) is 12.6 Å². The first kappa shape index (κ1) is 15.8. The summed E-state index contributed by atoms with van der Waals surface area (Å²) in [5.74, 6) is 0. The summed E-state index contributed by atoms with van der Waals surface area (Å²) in [6.07, 6.45) is 1.85. The van der Waals surface area contributed by atoms with E-state index in [0.717, 1.165) is 14.4 Å². The molecule has 1 aromatic rings. The first-order chi connectivity index (χ1) is 8.01. The molecule has 0 spiro atoms. The molecule has 0 saturated carbocycles. The maximum absolute atomic E-state index is 5.88. The molecule has 0 amide bonds. The van der Waals surface area contributed by atoms with Crippen LogP contribution in [0, 0.1) is 0 Å². The summed E-state index contributed by atoms with van der Waals surface area (Å²) in [4.78, 5) is 1.75. The summed E-state index contributed by atoms with van der Waals surface area (Å²) in [5, 5.41) is 1.18. The van der Waals surface area contributed by atoms with Crippen molar-refractivity contribution in [3.63, 3.8) is 0 Å². The number of benzene rings is 1. The van der Waals surface area contributed by atoms with Gasteiger partial charge >= 0.3 is 0 Å². The Balaban J connectivity index is 2.64. The van der Waals surface area contributed by atoms with Gasteiger partial charge in [-0.05, 0) is 41.2 Å². The van der Waals surface area contributed by atoms with Crippen LogP contribution in [-0.4, -0.2) is 0 Å². The Kier molecular flexibility index (Phi) is 7.45. The van der Waals surface area contributed by atoms with E-state index in [2.05, 4.69) is 49.2 Å². The van der Waals surface area contributed by atoms with Crippen LogP contribution in [0.2, 0.25) is 10.0 Å². The van der Waals surface area contributed by atoms with E-state index in [9.17, 15) is 0 Å². The lowest BCUT2D eigenvalue weighted by molar-refractivity contribution is 1.68. The number of hydrogen-bond donors (Lipinski definition) is 2. The lowest BCUT2D eigenvalue weighted by Crippen LogP contribution is -1.85. The molecule has 92 valence electrons. The Labute approximate surface area is 137 Å². The highest BCUT2D eigenvalue weighted by molar-refractivity contribution is 9.14. The van der Waals surface area contributed by atoms with Crippen LogP contribution in [0.15, 0.2) is 38.0 Å². The van der Waals surface area contributed by atoms with Gasteiger partial charge in [-0.3, -0.25) is 0 Å². The molecule has 0 aliphatic rings. The molecule has 0 fully saturated rings. The summed E-state index contributed by atoms with van der Waals surface area (Å²) in [5.41, 5.74) is 0.825. The molecule has 1 aromatic carbocycles. The number of rotatable bonds is 4. The SMILES string of the molecule is S/C(=C\C(Br)=C\Br)SNc1cc(Cl)cc(Cl)c1. The number of thiol groups is 1. The molecular weight excluding hydrogens is 429 g/mol. The molecular formula is C10H7Br2Cl2NS2. The number of nitrogens with one attached hydrogen (secondary N) is 1. The molecule has 0 bridgehead atoms. The van der Waals surface area contributed by atoms with Gasteiger partial charge in [0.05, 0.1) is 4.24 Å². The van der Waals surface area contributed by atoms with E-state index in [-0.39, 0.29) is 0 Å². The normalized spacial score (nSPS) is 12.8. The van der Waals surface area contributed by atoms with Gasteiger partial charge < -0.3 is 4.72 Å². The fourth-order valence-electron chi connectivity index (χ4n) is 0.903. The summed E-state index contributed by atoms with van der Waals surface area (Å²) < 4.78 is 4.78. The first-order valence-electron chi connectivity index (χ1n) is 4.27. The van der Waals surface area contributed by atoms with Crippen LogP contribution in [0.3, 0.4) is 0 Å². The van der Waals surface area contributed by atoms with Crippen molar-refractivity contribution < 1.29 is 0 Å². The minimum atomic E-state index is 0.590. The number of anilines is 1. The number of halogens is 4. The lowest BCUT2D eigenvalue weighted by Gasteiger charge is -2.06. The summed E-state index contributed by atoms with van der Waals surface area (Å²) in [6.45, 7) is 0. The average molecular weight is 436 g/mol. The predicted octanol–water partition coefficient (Wildman–Crippen LogP) is 6.46. The summed E-state index contributed by atoms with van der Waals surface area (Å²) >= 11 is 24.0. The zero-order chi connectivity index (χ0) is 12.8. The Hall–Kier alpha value is 0.740. The summed E-state index contributed by atoms with van der Waals surface area (Å²) in [6, 6.07) is 5.26. The highest BCUT2D eigenvalue weighted by Gasteiger charge is 1.99. The lowest BCUT2D eigenvalue weighted by atomic mass is 10.3. The molecule has 1 rings (SSSR count). The molecule has 7 heteroatoms. The van der Waals surface area contributed by atoms with Gasteiger partial charge in [0, 0.05) is 20.2 Å². The number of hydrogen-bond acceptors (Lipinski definition) is 3. The van der Waals surface area contributed by atoms with Gasteiger partial charge in [-0.1, -0.05) is 55.1 Å². The fourth-order valence-corrected chi connectivity index (χ4v) is 2.92. The van der Waals surface area contributed by atoms with Crippen LogP contribution >= 0.6 is 79.6 Å². The van der Waals surface area contributed by atoms with E-state index in [1.165, 1.54) is 11.9 Å². The largest absolute Gasteiger partial charge is 0.325 e. The Morgan fingerprint density at radius 2 is 1.88 bits per heavy atom. The van der Waals surface area contributed by atoms with Crippen LogP contribution in [0.4, 0.5) is 5.69 Å². The van der Waals surface area contributed by atoms with Crippen molar-refractivity contribution in [1.29, 1.82) is 0 Å². The highest BCUT2D eigenvalue weighted by Crippen LogP contribution is 2.28. The maximum Gasteiger partial charge on any atom is 0.0593 e. The average Bonchev–Trinajstić information content (AvgIpc) is 2.25. The van der Waals surface area contributed by atoms with Gasteiger partial charge in [0.25, 0.3) is 0 Å². The quantitative estimate of drug-likeness (QED) is 0.320. The molecule has 1 nitrogen and oxygen atoms in total. The molecule has 0 heterocycles. The Bertz CT molecular complexity index is 443. The Morgan fingerprint density at radius 3 is 2.41 bits per heavy atom.